The Morgan fingerprint density at radius 3 is 3.06 bits per heavy atom. The molecule has 3 heteroatoms. The largest absolute Gasteiger partial charge is 0.491 e. The van der Waals surface area contributed by atoms with Gasteiger partial charge in [-0.1, -0.05) is 18.6 Å². The highest BCUT2D eigenvalue weighted by Crippen LogP contribution is 2.15. The molecule has 0 spiro atoms. The fourth-order valence-electron chi connectivity index (χ4n) is 2.21. The van der Waals surface area contributed by atoms with E-state index in [2.05, 4.69) is 5.32 Å². The Labute approximate surface area is 103 Å². The van der Waals surface area contributed by atoms with Crippen LogP contribution in [0, 0.1) is 6.92 Å². The molecule has 1 aliphatic heterocycles. The number of benzene rings is 1. The minimum Gasteiger partial charge on any atom is -0.491 e. The van der Waals surface area contributed by atoms with Crippen LogP contribution in [0.5, 0.6) is 5.75 Å². The van der Waals surface area contributed by atoms with Crippen LogP contribution in [0.3, 0.4) is 0 Å². The quantitative estimate of drug-likeness (QED) is 0.837. The van der Waals surface area contributed by atoms with Crippen molar-refractivity contribution < 1.29 is 9.84 Å². The fraction of sp³-hybridized carbons (Fsp3) is 0.571. The first-order chi connectivity index (χ1) is 8.25. The molecule has 2 N–H and O–H groups in total. The molecule has 17 heavy (non-hydrogen) atoms. The summed E-state index contributed by atoms with van der Waals surface area (Å²) in [5, 5.41) is 13.4. The topological polar surface area (TPSA) is 41.5 Å². The molecule has 3 nitrogen and oxygen atoms in total. The summed E-state index contributed by atoms with van der Waals surface area (Å²) in [7, 11) is 0. The Bertz CT molecular complexity index is 348. The number of aliphatic hydroxyl groups excluding tert-OH is 1. The Morgan fingerprint density at radius 1 is 1.47 bits per heavy atom. The minimum atomic E-state index is -0.421. The summed E-state index contributed by atoms with van der Waals surface area (Å²) in [4.78, 5) is 0. The maximum absolute atomic E-state index is 10.0. The van der Waals surface area contributed by atoms with Gasteiger partial charge in [0.05, 0.1) is 0 Å². The van der Waals surface area contributed by atoms with Crippen LogP contribution in [0.2, 0.25) is 0 Å². The normalized spacial score (nSPS) is 22.1. The predicted molar refractivity (Wildman–Crippen MR) is 68.3 cm³/mol. The third kappa shape index (κ3) is 3.72. The monoisotopic (exact) mass is 235 g/mol. The molecule has 1 fully saturated rings. The van der Waals surface area contributed by atoms with Crippen molar-refractivity contribution in [2.75, 3.05) is 13.2 Å². The molecule has 1 aromatic rings. The van der Waals surface area contributed by atoms with Gasteiger partial charge in [0.1, 0.15) is 18.5 Å². The molecule has 0 bridgehead atoms. The van der Waals surface area contributed by atoms with E-state index in [1.165, 1.54) is 18.4 Å². The first-order valence-corrected chi connectivity index (χ1v) is 6.36. The smallest absolute Gasteiger partial charge is 0.119 e. The summed E-state index contributed by atoms with van der Waals surface area (Å²) >= 11 is 0. The average molecular weight is 235 g/mol. The van der Waals surface area contributed by atoms with Gasteiger partial charge in [-0.2, -0.15) is 0 Å². The lowest BCUT2D eigenvalue weighted by molar-refractivity contribution is 0.0639. The SMILES string of the molecule is Cc1cccc(OC[C@@H](O)[C@H]2CCCCN2)c1. The average Bonchev–Trinajstić information content (AvgIpc) is 2.37. The van der Waals surface area contributed by atoms with Crippen molar-refractivity contribution in [1.29, 1.82) is 0 Å². The van der Waals surface area contributed by atoms with E-state index in [9.17, 15) is 5.11 Å². The highest BCUT2D eigenvalue weighted by atomic mass is 16.5. The molecule has 1 aliphatic rings. The molecule has 94 valence electrons. The summed E-state index contributed by atoms with van der Waals surface area (Å²) in [5.41, 5.74) is 1.17. The second-order valence-corrected chi connectivity index (χ2v) is 4.75. The van der Waals surface area contributed by atoms with Crippen molar-refractivity contribution in [2.45, 2.75) is 38.3 Å². The number of aliphatic hydroxyl groups is 1. The van der Waals surface area contributed by atoms with Gasteiger partial charge in [0.15, 0.2) is 0 Å². The molecule has 2 atom stereocenters. The number of aryl methyl sites for hydroxylation is 1. The van der Waals surface area contributed by atoms with Crippen LogP contribution in [-0.2, 0) is 0 Å². The molecule has 0 saturated carbocycles. The van der Waals surface area contributed by atoms with Crippen molar-refractivity contribution in [3.05, 3.63) is 29.8 Å². The number of rotatable bonds is 4. The number of ether oxygens (including phenoxy) is 1. The van der Waals surface area contributed by atoms with Crippen LogP contribution in [0.1, 0.15) is 24.8 Å². The van der Waals surface area contributed by atoms with E-state index in [0.29, 0.717) is 6.61 Å². The molecule has 0 amide bonds. The molecule has 0 aromatic heterocycles. The molecular formula is C14H21NO2. The molecule has 0 aliphatic carbocycles. The summed E-state index contributed by atoms with van der Waals surface area (Å²) < 4.78 is 5.61. The van der Waals surface area contributed by atoms with E-state index < -0.39 is 6.10 Å². The minimum absolute atomic E-state index is 0.188. The van der Waals surface area contributed by atoms with Gasteiger partial charge in [0, 0.05) is 6.04 Å². The molecule has 2 rings (SSSR count). The summed E-state index contributed by atoms with van der Waals surface area (Å²) in [6, 6.07) is 8.10. The highest BCUT2D eigenvalue weighted by Gasteiger charge is 2.21. The maximum Gasteiger partial charge on any atom is 0.119 e. The second-order valence-electron chi connectivity index (χ2n) is 4.75. The molecule has 0 unspecified atom stereocenters. The second kappa shape index (κ2) is 6.03. The Hall–Kier alpha value is -1.06. The van der Waals surface area contributed by atoms with Crippen molar-refractivity contribution in [3.8, 4) is 5.75 Å². The van der Waals surface area contributed by atoms with E-state index in [-0.39, 0.29) is 6.04 Å². The summed E-state index contributed by atoms with van der Waals surface area (Å²) in [6.07, 6.45) is 3.02. The Balaban J connectivity index is 1.80. The molecular weight excluding hydrogens is 214 g/mol. The van der Waals surface area contributed by atoms with Crippen LogP contribution >= 0.6 is 0 Å². The fourth-order valence-corrected chi connectivity index (χ4v) is 2.21. The number of hydrogen-bond donors (Lipinski definition) is 2. The van der Waals surface area contributed by atoms with Gasteiger partial charge >= 0.3 is 0 Å². The Kier molecular flexibility index (Phi) is 4.40. The van der Waals surface area contributed by atoms with E-state index in [0.717, 1.165) is 18.7 Å². The van der Waals surface area contributed by atoms with Gasteiger partial charge < -0.3 is 15.2 Å². The first-order valence-electron chi connectivity index (χ1n) is 6.36. The van der Waals surface area contributed by atoms with Crippen molar-refractivity contribution in [2.24, 2.45) is 0 Å². The number of nitrogens with one attached hydrogen (secondary N) is 1. The van der Waals surface area contributed by atoms with Gasteiger partial charge in [0.2, 0.25) is 0 Å². The van der Waals surface area contributed by atoms with Crippen molar-refractivity contribution in [1.82, 2.24) is 5.32 Å². The van der Waals surface area contributed by atoms with Crippen molar-refractivity contribution in [3.63, 3.8) is 0 Å². The highest BCUT2D eigenvalue weighted by molar-refractivity contribution is 5.27. The zero-order valence-electron chi connectivity index (χ0n) is 10.4. The lowest BCUT2D eigenvalue weighted by Crippen LogP contribution is -2.45. The predicted octanol–water partition coefficient (Wildman–Crippen LogP) is 1.88. The molecule has 1 aromatic carbocycles. The first kappa shape index (κ1) is 12.4. The van der Waals surface area contributed by atoms with Gasteiger partial charge in [-0.3, -0.25) is 0 Å². The van der Waals surface area contributed by atoms with Crippen LogP contribution in [-0.4, -0.2) is 30.4 Å². The van der Waals surface area contributed by atoms with Gasteiger partial charge in [-0.05, 0) is 44.0 Å². The van der Waals surface area contributed by atoms with E-state index in [4.69, 9.17) is 4.74 Å². The maximum atomic E-state index is 10.0. The van der Waals surface area contributed by atoms with E-state index in [1.54, 1.807) is 0 Å². The number of piperidine rings is 1. The standard InChI is InChI=1S/C14H21NO2/c1-11-5-4-6-12(9-11)17-10-14(16)13-7-2-3-8-15-13/h4-6,9,13-16H,2-3,7-8,10H2,1H3/t13-,14-/m1/s1. The number of hydrogen-bond acceptors (Lipinski definition) is 3. The van der Waals surface area contributed by atoms with Gasteiger partial charge in [-0.15, -0.1) is 0 Å². The molecule has 1 saturated heterocycles. The van der Waals surface area contributed by atoms with E-state index in [1.807, 2.05) is 31.2 Å². The van der Waals surface area contributed by atoms with Crippen LogP contribution < -0.4 is 10.1 Å². The summed E-state index contributed by atoms with van der Waals surface area (Å²) in [6.45, 7) is 3.40. The van der Waals surface area contributed by atoms with E-state index >= 15 is 0 Å². The van der Waals surface area contributed by atoms with Gasteiger partial charge in [0.25, 0.3) is 0 Å². The molecule has 0 radical (unpaired) electrons. The summed E-state index contributed by atoms with van der Waals surface area (Å²) in [5.74, 6) is 0.833. The lowest BCUT2D eigenvalue weighted by Gasteiger charge is -2.27. The van der Waals surface area contributed by atoms with Crippen LogP contribution in [0.15, 0.2) is 24.3 Å². The van der Waals surface area contributed by atoms with Crippen LogP contribution in [0.25, 0.3) is 0 Å². The zero-order valence-corrected chi connectivity index (χ0v) is 10.4. The van der Waals surface area contributed by atoms with Crippen LogP contribution in [0.4, 0.5) is 0 Å². The lowest BCUT2D eigenvalue weighted by atomic mass is 10.0. The van der Waals surface area contributed by atoms with Crippen molar-refractivity contribution >= 4 is 0 Å². The molecule has 1 heterocycles. The Morgan fingerprint density at radius 2 is 2.35 bits per heavy atom. The third-order valence-electron chi connectivity index (χ3n) is 3.22. The third-order valence-corrected chi connectivity index (χ3v) is 3.22. The van der Waals surface area contributed by atoms with Gasteiger partial charge in [-0.25, -0.2) is 0 Å². The zero-order chi connectivity index (χ0) is 12.1.